The molecule has 0 heterocycles. The van der Waals surface area contributed by atoms with Crippen molar-refractivity contribution >= 4 is 23.1 Å². The van der Waals surface area contributed by atoms with Crippen LogP contribution < -0.4 is 12.4 Å². The summed E-state index contributed by atoms with van der Waals surface area (Å²) in [5, 5.41) is 0. The van der Waals surface area contributed by atoms with Gasteiger partial charge >= 0.3 is 23.1 Å². The summed E-state index contributed by atoms with van der Waals surface area (Å²) in [6, 6.07) is 10.4. The van der Waals surface area contributed by atoms with Gasteiger partial charge in [0.05, 0.1) is 0 Å². The maximum absolute atomic E-state index is 2.12. The Hall–Kier alpha value is 0.146. The van der Waals surface area contributed by atoms with Crippen molar-refractivity contribution in [3.05, 3.63) is 41.8 Å². The number of rotatable bonds is 1. The number of benzene rings is 1. The largest absolute Gasteiger partial charge is 2.00 e. The second-order valence-electron chi connectivity index (χ2n) is 2.37. The van der Waals surface area contributed by atoms with Crippen LogP contribution in [0.2, 0.25) is 0 Å². The van der Waals surface area contributed by atoms with Crippen LogP contribution in [0.3, 0.4) is 0 Å². The van der Waals surface area contributed by atoms with E-state index in [-0.39, 0.29) is 35.5 Å². The van der Waals surface area contributed by atoms with Gasteiger partial charge in [-0.05, 0) is 0 Å². The van der Waals surface area contributed by atoms with E-state index in [1.54, 1.807) is 0 Å². The summed E-state index contributed by atoms with van der Waals surface area (Å²) < 4.78 is 0. The predicted octanol–water partition coefficient (Wildman–Crippen LogP) is -0.728. The van der Waals surface area contributed by atoms with Gasteiger partial charge in [-0.25, -0.2) is 0 Å². The molecule has 0 aromatic heterocycles. The molecule has 0 spiro atoms. The minimum absolute atomic E-state index is 0. The van der Waals surface area contributed by atoms with Gasteiger partial charge in [0.2, 0.25) is 0 Å². The van der Waals surface area contributed by atoms with Crippen LogP contribution in [-0.2, 0) is 0 Å². The molecule has 2 heteroatoms. The van der Waals surface area contributed by atoms with Gasteiger partial charge in [0, 0.05) is 0 Å². The van der Waals surface area contributed by atoms with Gasteiger partial charge in [-0.1, -0.05) is 19.9 Å². The molecule has 0 saturated heterocycles. The van der Waals surface area contributed by atoms with Crippen LogP contribution in [0.25, 0.3) is 0 Å². The Morgan fingerprint density at radius 1 is 1.00 bits per heavy atom. The van der Waals surface area contributed by atoms with E-state index in [0.717, 1.165) is 0 Å². The zero-order chi connectivity index (χ0) is 6.69. The Morgan fingerprint density at radius 3 is 1.73 bits per heavy atom. The van der Waals surface area contributed by atoms with Gasteiger partial charge < -0.3 is 12.4 Å². The van der Waals surface area contributed by atoms with Crippen molar-refractivity contribution in [2.45, 2.75) is 13.8 Å². The fraction of sp³-hybridized carbons (Fsp3) is 0.222. The SMILES string of the molecule is C[C-](C)c1ccccc1.[Cl-].[Mg+2]. The van der Waals surface area contributed by atoms with E-state index in [9.17, 15) is 0 Å². The van der Waals surface area contributed by atoms with Gasteiger partial charge in [0.15, 0.2) is 0 Å². The van der Waals surface area contributed by atoms with Crippen LogP contribution in [-0.4, -0.2) is 23.1 Å². The Bertz CT molecular complexity index is 172. The normalized spacial score (nSPS) is 7.45. The Kier molecular flexibility index (Phi) is 8.52. The van der Waals surface area contributed by atoms with Crippen LogP contribution in [0.15, 0.2) is 30.3 Å². The van der Waals surface area contributed by atoms with E-state index >= 15 is 0 Å². The van der Waals surface area contributed by atoms with Gasteiger partial charge in [-0.3, -0.25) is 0 Å². The zero-order valence-electron chi connectivity index (χ0n) is 6.97. The maximum atomic E-state index is 2.12. The summed E-state index contributed by atoms with van der Waals surface area (Å²) >= 11 is 0. The average Bonchev–Trinajstić information content (AvgIpc) is 1.90. The molecule has 0 aliphatic carbocycles. The van der Waals surface area contributed by atoms with Gasteiger partial charge in [-0.2, -0.15) is 23.6 Å². The fourth-order valence-corrected chi connectivity index (χ4v) is 0.771. The molecule has 0 amide bonds. The standard InChI is InChI=1S/C9H11.ClH.Mg/c1-8(2)9-6-4-3-5-7-9;;/h3-7H,1-2H3;1H;/q-1;;+2/p-1. The van der Waals surface area contributed by atoms with E-state index in [4.69, 9.17) is 0 Å². The third-order valence-corrected chi connectivity index (χ3v) is 1.35. The first-order valence-corrected chi connectivity index (χ1v) is 3.16. The topological polar surface area (TPSA) is 0 Å². The summed E-state index contributed by atoms with van der Waals surface area (Å²) in [7, 11) is 0. The summed E-state index contributed by atoms with van der Waals surface area (Å²) in [5.74, 6) is 1.37. The molecule has 0 radical (unpaired) electrons. The number of hydrogen-bond donors (Lipinski definition) is 0. The summed E-state index contributed by atoms with van der Waals surface area (Å²) in [6.45, 7) is 4.24. The molecule has 0 atom stereocenters. The molecule has 1 aromatic rings. The fourth-order valence-electron chi connectivity index (χ4n) is 0.771. The molecule has 0 unspecified atom stereocenters. The Balaban J connectivity index is 0. The molecule has 1 rings (SSSR count). The van der Waals surface area contributed by atoms with Gasteiger partial charge in [0.1, 0.15) is 0 Å². The number of halogens is 1. The predicted molar refractivity (Wildman–Crippen MR) is 45.9 cm³/mol. The molecule has 0 saturated carbocycles. The molecule has 0 nitrogen and oxygen atoms in total. The average molecular weight is 179 g/mol. The van der Waals surface area contributed by atoms with Crippen LogP contribution in [0, 0.1) is 5.92 Å². The molecule has 1 aromatic carbocycles. The van der Waals surface area contributed by atoms with Crippen molar-refractivity contribution in [2.24, 2.45) is 0 Å². The smallest absolute Gasteiger partial charge is 1.00 e. The second kappa shape index (κ2) is 6.83. The number of hydrogen-bond acceptors (Lipinski definition) is 0. The maximum Gasteiger partial charge on any atom is 2.00 e. The van der Waals surface area contributed by atoms with Crippen LogP contribution in [0.4, 0.5) is 0 Å². The zero-order valence-corrected chi connectivity index (χ0v) is 9.14. The van der Waals surface area contributed by atoms with E-state index in [1.165, 1.54) is 11.5 Å². The van der Waals surface area contributed by atoms with Crippen molar-refractivity contribution in [2.75, 3.05) is 0 Å². The first-order valence-electron chi connectivity index (χ1n) is 3.16. The van der Waals surface area contributed by atoms with Crippen LogP contribution in [0.1, 0.15) is 19.4 Å². The first-order chi connectivity index (χ1) is 4.30. The van der Waals surface area contributed by atoms with Crippen molar-refractivity contribution in [1.29, 1.82) is 0 Å². The quantitative estimate of drug-likeness (QED) is 0.394. The van der Waals surface area contributed by atoms with Crippen molar-refractivity contribution in [3.63, 3.8) is 0 Å². The molecule has 56 valence electrons. The minimum Gasteiger partial charge on any atom is -1.00 e. The molecule has 0 aliphatic rings. The molecule has 0 aliphatic heterocycles. The molecule has 0 fully saturated rings. The minimum atomic E-state index is 0. The van der Waals surface area contributed by atoms with E-state index in [1.807, 2.05) is 6.07 Å². The van der Waals surface area contributed by atoms with E-state index in [0.29, 0.717) is 0 Å². The van der Waals surface area contributed by atoms with Gasteiger partial charge in [-0.15, -0.1) is 12.1 Å². The van der Waals surface area contributed by atoms with E-state index in [2.05, 4.69) is 38.1 Å². The Labute approximate surface area is 90.9 Å². The van der Waals surface area contributed by atoms with Gasteiger partial charge in [0.25, 0.3) is 0 Å². The third-order valence-electron chi connectivity index (χ3n) is 1.35. The summed E-state index contributed by atoms with van der Waals surface area (Å²) in [6.07, 6.45) is 0. The molecule has 11 heavy (non-hydrogen) atoms. The summed E-state index contributed by atoms with van der Waals surface area (Å²) in [5.41, 5.74) is 1.33. The molecule has 0 bridgehead atoms. The third kappa shape index (κ3) is 4.56. The summed E-state index contributed by atoms with van der Waals surface area (Å²) in [4.78, 5) is 0. The van der Waals surface area contributed by atoms with Crippen molar-refractivity contribution in [3.8, 4) is 0 Å². The first kappa shape index (κ1) is 13.7. The van der Waals surface area contributed by atoms with Crippen molar-refractivity contribution < 1.29 is 12.4 Å². The molecular weight excluding hydrogens is 168 g/mol. The van der Waals surface area contributed by atoms with Crippen LogP contribution >= 0.6 is 0 Å². The molecular formula is C9H11ClMg. The second-order valence-corrected chi connectivity index (χ2v) is 2.37. The Morgan fingerprint density at radius 2 is 1.45 bits per heavy atom. The van der Waals surface area contributed by atoms with E-state index < -0.39 is 0 Å². The van der Waals surface area contributed by atoms with Crippen molar-refractivity contribution in [1.82, 2.24) is 0 Å². The van der Waals surface area contributed by atoms with Crippen LogP contribution in [0.5, 0.6) is 0 Å². The molecule has 0 N–H and O–H groups in total. The monoisotopic (exact) mass is 178 g/mol.